The zero-order valence-corrected chi connectivity index (χ0v) is 18.2. The number of para-hydroxylation sites is 1. The molecule has 1 aliphatic rings. The van der Waals surface area contributed by atoms with E-state index in [4.69, 9.17) is 4.74 Å². The van der Waals surface area contributed by atoms with E-state index in [9.17, 15) is 13.2 Å². The molecule has 7 nitrogen and oxygen atoms in total. The fraction of sp³-hybridized carbons (Fsp3) is 0.304. The summed E-state index contributed by atoms with van der Waals surface area (Å²) in [5, 5.41) is 0. The van der Waals surface area contributed by atoms with Crippen LogP contribution in [0.1, 0.15) is 41.0 Å². The monoisotopic (exact) mass is 439 g/mol. The van der Waals surface area contributed by atoms with Gasteiger partial charge in [0, 0.05) is 17.7 Å². The highest BCUT2D eigenvalue weighted by atomic mass is 32.2. The van der Waals surface area contributed by atoms with Crippen molar-refractivity contribution in [2.24, 2.45) is 0 Å². The topological polar surface area (TPSA) is 90.3 Å². The predicted octanol–water partition coefficient (Wildman–Crippen LogP) is 3.54. The smallest absolute Gasteiger partial charge is 0.285 e. The third-order valence-electron chi connectivity index (χ3n) is 5.40. The lowest BCUT2D eigenvalue weighted by molar-refractivity contribution is 0.0976. The summed E-state index contributed by atoms with van der Waals surface area (Å²) in [5.74, 6) is 0.111. The lowest BCUT2D eigenvalue weighted by Crippen LogP contribution is -2.32. The van der Waals surface area contributed by atoms with Crippen molar-refractivity contribution in [2.45, 2.75) is 38.0 Å². The number of carbonyl (C=O) groups is 1. The first kappa shape index (κ1) is 21.1. The van der Waals surface area contributed by atoms with Crippen molar-refractivity contribution in [1.82, 2.24) is 14.3 Å². The van der Waals surface area contributed by atoms with E-state index >= 15 is 0 Å². The summed E-state index contributed by atoms with van der Waals surface area (Å²) in [4.78, 5) is 17.6. The average molecular weight is 440 g/mol. The van der Waals surface area contributed by atoms with Gasteiger partial charge in [0.1, 0.15) is 11.6 Å². The van der Waals surface area contributed by atoms with Crippen molar-refractivity contribution in [2.75, 3.05) is 7.11 Å². The van der Waals surface area contributed by atoms with Gasteiger partial charge in [0.05, 0.1) is 18.6 Å². The van der Waals surface area contributed by atoms with Crippen LogP contribution in [-0.2, 0) is 28.7 Å². The quantitative estimate of drug-likeness (QED) is 0.634. The molecular weight excluding hydrogens is 414 g/mol. The van der Waals surface area contributed by atoms with Crippen LogP contribution in [0.25, 0.3) is 11.4 Å². The third kappa shape index (κ3) is 4.64. The second kappa shape index (κ2) is 8.93. The molecule has 0 unspecified atom stereocenters. The van der Waals surface area contributed by atoms with Gasteiger partial charge in [-0.05, 0) is 25.3 Å². The molecule has 2 aromatic carbocycles. The van der Waals surface area contributed by atoms with Gasteiger partial charge in [-0.25, -0.2) is 18.1 Å². The Hall–Kier alpha value is -3.13. The normalized spacial score (nSPS) is 13.8. The summed E-state index contributed by atoms with van der Waals surface area (Å²) in [6.45, 7) is 0.758. The molecule has 3 aromatic rings. The van der Waals surface area contributed by atoms with E-state index < -0.39 is 15.9 Å². The van der Waals surface area contributed by atoms with Gasteiger partial charge >= 0.3 is 0 Å². The number of sulfonamides is 1. The number of imidazole rings is 1. The van der Waals surface area contributed by atoms with Crippen molar-refractivity contribution < 1.29 is 17.9 Å². The number of nitrogens with zero attached hydrogens (tertiary/aromatic N) is 2. The molecule has 2 heterocycles. The van der Waals surface area contributed by atoms with E-state index in [0.29, 0.717) is 23.6 Å². The molecule has 1 amide bonds. The predicted molar refractivity (Wildman–Crippen MR) is 118 cm³/mol. The highest BCUT2D eigenvalue weighted by Gasteiger charge is 2.27. The van der Waals surface area contributed by atoms with Crippen LogP contribution in [-0.4, -0.2) is 31.0 Å². The van der Waals surface area contributed by atoms with Crippen molar-refractivity contribution >= 4 is 15.9 Å². The van der Waals surface area contributed by atoms with Gasteiger partial charge in [0.15, 0.2) is 5.69 Å². The van der Waals surface area contributed by atoms with Gasteiger partial charge in [0.25, 0.3) is 5.91 Å². The lowest BCUT2D eigenvalue weighted by atomic mass is 10.1. The Balaban J connectivity index is 1.64. The Morgan fingerprint density at radius 1 is 1.06 bits per heavy atom. The Labute approximate surface area is 182 Å². The maximum Gasteiger partial charge on any atom is 0.285 e. The van der Waals surface area contributed by atoms with Crippen molar-refractivity contribution in [3.8, 4) is 17.1 Å². The van der Waals surface area contributed by atoms with Crippen LogP contribution in [0, 0.1) is 0 Å². The van der Waals surface area contributed by atoms with E-state index in [1.807, 2.05) is 30.3 Å². The molecule has 0 bridgehead atoms. The largest absolute Gasteiger partial charge is 0.496 e. The molecule has 0 radical (unpaired) electrons. The zero-order chi connectivity index (χ0) is 21.8. The van der Waals surface area contributed by atoms with E-state index in [1.165, 1.54) is 7.11 Å². The molecule has 1 N–H and O–H groups in total. The minimum Gasteiger partial charge on any atom is -0.496 e. The van der Waals surface area contributed by atoms with Crippen molar-refractivity contribution in [1.29, 1.82) is 0 Å². The molecule has 31 heavy (non-hydrogen) atoms. The molecule has 1 aromatic heterocycles. The Morgan fingerprint density at radius 2 is 1.81 bits per heavy atom. The third-order valence-corrected chi connectivity index (χ3v) is 6.59. The number of fused-ring (bicyclic) bond motifs is 1. The van der Waals surface area contributed by atoms with Crippen molar-refractivity contribution in [3.63, 3.8) is 0 Å². The second-order valence-corrected chi connectivity index (χ2v) is 9.28. The molecule has 1 aliphatic heterocycles. The fourth-order valence-electron chi connectivity index (χ4n) is 3.96. The summed E-state index contributed by atoms with van der Waals surface area (Å²) in [6, 6.07) is 16.5. The Bertz CT molecular complexity index is 1190. The van der Waals surface area contributed by atoms with E-state index in [-0.39, 0.29) is 11.4 Å². The summed E-state index contributed by atoms with van der Waals surface area (Å²) in [5.41, 5.74) is 2.37. The number of aromatic nitrogens is 2. The maximum absolute atomic E-state index is 13.0. The molecule has 0 saturated heterocycles. The molecule has 0 aliphatic carbocycles. The Morgan fingerprint density at radius 3 is 2.58 bits per heavy atom. The van der Waals surface area contributed by atoms with Crippen LogP contribution >= 0.6 is 0 Å². The SMILES string of the molecule is COc1ccccc1CS(=O)(=O)NC(=O)c1nc(-c2ccccc2)n2c1CCCCC2. The number of amides is 1. The van der Waals surface area contributed by atoms with E-state index in [1.54, 1.807) is 24.3 Å². The maximum atomic E-state index is 13.0. The molecule has 0 fully saturated rings. The van der Waals surface area contributed by atoms with E-state index in [0.717, 1.165) is 37.1 Å². The summed E-state index contributed by atoms with van der Waals surface area (Å²) >= 11 is 0. The highest BCUT2D eigenvalue weighted by Crippen LogP contribution is 2.27. The minimum atomic E-state index is -3.93. The average Bonchev–Trinajstić information content (AvgIpc) is 2.95. The molecule has 8 heteroatoms. The highest BCUT2D eigenvalue weighted by molar-refractivity contribution is 7.89. The van der Waals surface area contributed by atoms with Crippen LogP contribution in [0.2, 0.25) is 0 Å². The molecule has 0 saturated carbocycles. The standard InChI is InChI=1S/C23H25N3O4S/c1-30-20-14-8-7-12-18(20)16-31(28,29)25-23(27)21-19-13-6-3-9-15-26(19)22(24-21)17-10-4-2-5-11-17/h2,4-5,7-8,10-12,14H,3,6,9,13,15-16H2,1H3,(H,25,27). The van der Waals surface area contributed by atoms with Gasteiger partial charge < -0.3 is 9.30 Å². The van der Waals surface area contributed by atoms with Crippen LogP contribution in [0.3, 0.4) is 0 Å². The van der Waals surface area contributed by atoms with Gasteiger partial charge in [0.2, 0.25) is 10.0 Å². The number of benzene rings is 2. The first-order valence-corrected chi connectivity index (χ1v) is 12.0. The molecule has 162 valence electrons. The molecular formula is C23H25N3O4S. The van der Waals surface area contributed by atoms with Crippen LogP contribution in [0.15, 0.2) is 54.6 Å². The molecule has 4 rings (SSSR count). The molecule has 0 spiro atoms. The number of rotatable bonds is 6. The number of methoxy groups -OCH3 is 1. The van der Waals surface area contributed by atoms with Crippen LogP contribution in [0.4, 0.5) is 0 Å². The summed E-state index contributed by atoms with van der Waals surface area (Å²) < 4.78 is 35.0. The van der Waals surface area contributed by atoms with Crippen LogP contribution in [0.5, 0.6) is 5.75 Å². The van der Waals surface area contributed by atoms with Crippen LogP contribution < -0.4 is 9.46 Å². The number of ether oxygens (including phenoxy) is 1. The van der Waals surface area contributed by atoms with Gasteiger partial charge in [-0.15, -0.1) is 0 Å². The lowest BCUT2D eigenvalue weighted by Gasteiger charge is -2.10. The number of hydrogen-bond donors (Lipinski definition) is 1. The first-order valence-electron chi connectivity index (χ1n) is 10.3. The summed E-state index contributed by atoms with van der Waals surface area (Å²) in [7, 11) is -2.45. The fourth-order valence-corrected chi connectivity index (χ4v) is 5.06. The summed E-state index contributed by atoms with van der Waals surface area (Å²) in [6.07, 6.45) is 3.68. The Kier molecular flexibility index (Phi) is 6.08. The minimum absolute atomic E-state index is 0.185. The first-order chi connectivity index (χ1) is 15.0. The number of carbonyl (C=O) groups excluding carboxylic acids is 1. The van der Waals surface area contributed by atoms with Crippen molar-refractivity contribution in [3.05, 3.63) is 71.5 Å². The van der Waals surface area contributed by atoms with Gasteiger partial charge in [-0.1, -0.05) is 55.0 Å². The van der Waals surface area contributed by atoms with E-state index in [2.05, 4.69) is 14.3 Å². The van der Waals surface area contributed by atoms with Gasteiger partial charge in [-0.3, -0.25) is 4.79 Å². The van der Waals surface area contributed by atoms with Gasteiger partial charge in [-0.2, -0.15) is 0 Å². The molecule has 0 atom stereocenters. The number of hydrogen-bond acceptors (Lipinski definition) is 5. The number of nitrogens with one attached hydrogen (secondary N) is 1. The zero-order valence-electron chi connectivity index (χ0n) is 17.4. The second-order valence-electron chi connectivity index (χ2n) is 7.56.